The molecule has 1 atom stereocenters. The zero-order valence-electron chi connectivity index (χ0n) is 15.0. The van der Waals surface area contributed by atoms with Crippen molar-refractivity contribution >= 4 is 44.9 Å². The summed E-state index contributed by atoms with van der Waals surface area (Å²) in [6, 6.07) is 10.5. The van der Waals surface area contributed by atoms with Gasteiger partial charge in [0.2, 0.25) is 18.6 Å². The van der Waals surface area contributed by atoms with E-state index in [1.165, 1.54) is 6.92 Å². The summed E-state index contributed by atoms with van der Waals surface area (Å²) in [5, 5.41) is 2.78. The number of Topliss-reactive ketones (excluding diaryl/α,β-unsaturated/α-hetero) is 1. The summed E-state index contributed by atoms with van der Waals surface area (Å²) >= 11 is 3.39. The molecule has 1 fully saturated rings. The summed E-state index contributed by atoms with van der Waals surface area (Å²) in [5.74, 6) is -0.204. The lowest BCUT2D eigenvalue weighted by Crippen LogP contribution is -2.28. The van der Waals surface area contributed by atoms with Gasteiger partial charge in [-0.15, -0.1) is 0 Å². The van der Waals surface area contributed by atoms with Gasteiger partial charge in [0, 0.05) is 34.8 Å². The van der Waals surface area contributed by atoms with Crippen molar-refractivity contribution in [1.82, 2.24) is 0 Å². The van der Waals surface area contributed by atoms with Gasteiger partial charge in [-0.2, -0.15) is 0 Å². The first-order valence-electron chi connectivity index (χ1n) is 8.74. The largest absolute Gasteiger partial charge is 0.454 e. The van der Waals surface area contributed by atoms with Gasteiger partial charge in [-0.1, -0.05) is 22.0 Å². The van der Waals surface area contributed by atoms with Crippen LogP contribution < -0.4 is 19.7 Å². The number of amides is 2. The number of fused-ring (bicyclic) bond motifs is 1. The molecule has 1 N–H and O–H groups in total. The lowest BCUT2D eigenvalue weighted by Gasteiger charge is -2.17. The number of hydrogen-bond acceptors (Lipinski definition) is 5. The Kier molecular flexibility index (Phi) is 4.80. The number of nitrogens with zero attached hydrogens (tertiary/aromatic N) is 1. The lowest BCUT2D eigenvalue weighted by atomic mass is 10.1. The van der Waals surface area contributed by atoms with Gasteiger partial charge < -0.3 is 19.7 Å². The molecule has 0 radical (unpaired) electrons. The van der Waals surface area contributed by atoms with Crippen LogP contribution in [-0.4, -0.2) is 30.9 Å². The van der Waals surface area contributed by atoms with Crippen LogP contribution in [0.25, 0.3) is 0 Å². The first-order chi connectivity index (χ1) is 13.4. The minimum atomic E-state index is -0.517. The topological polar surface area (TPSA) is 84.9 Å². The highest BCUT2D eigenvalue weighted by molar-refractivity contribution is 9.10. The molecule has 8 heteroatoms. The highest BCUT2D eigenvalue weighted by Crippen LogP contribution is 2.37. The predicted octanol–water partition coefficient (Wildman–Crippen LogP) is 3.37. The van der Waals surface area contributed by atoms with Crippen molar-refractivity contribution < 1.29 is 23.9 Å². The van der Waals surface area contributed by atoms with Gasteiger partial charge in [-0.3, -0.25) is 14.4 Å². The highest BCUT2D eigenvalue weighted by atomic mass is 79.9. The first-order valence-corrected chi connectivity index (χ1v) is 9.53. The summed E-state index contributed by atoms with van der Waals surface area (Å²) < 4.78 is 11.5. The van der Waals surface area contributed by atoms with E-state index in [0.29, 0.717) is 22.7 Å². The van der Waals surface area contributed by atoms with E-state index >= 15 is 0 Å². The molecule has 7 nitrogen and oxygen atoms in total. The molecule has 0 spiro atoms. The first kappa shape index (κ1) is 18.5. The maximum atomic E-state index is 12.8. The number of anilines is 2. The molecule has 2 heterocycles. The summed E-state index contributed by atoms with van der Waals surface area (Å²) in [4.78, 5) is 38.8. The fourth-order valence-electron chi connectivity index (χ4n) is 3.35. The van der Waals surface area contributed by atoms with Crippen LogP contribution in [0, 0.1) is 5.92 Å². The van der Waals surface area contributed by atoms with Gasteiger partial charge in [-0.05, 0) is 31.2 Å². The van der Waals surface area contributed by atoms with E-state index < -0.39 is 5.92 Å². The maximum Gasteiger partial charge on any atom is 0.231 e. The Morgan fingerprint density at radius 2 is 1.93 bits per heavy atom. The van der Waals surface area contributed by atoms with Crippen molar-refractivity contribution in [2.75, 3.05) is 23.6 Å². The quantitative estimate of drug-likeness (QED) is 0.730. The normalized spacial score (nSPS) is 17.7. The Bertz CT molecular complexity index is 991. The van der Waals surface area contributed by atoms with Crippen LogP contribution in [-0.2, 0) is 9.59 Å². The third kappa shape index (κ3) is 3.47. The molecule has 0 saturated carbocycles. The van der Waals surface area contributed by atoms with Gasteiger partial charge in [-0.25, -0.2) is 0 Å². The van der Waals surface area contributed by atoms with Crippen molar-refractivity contribution in [3.05, 3.63) is 46.4 Å². The molecule has 2 aromatic rings. The van der Waals surface area contributed by atoms with E-state index in [0.717, 1.165) is 10.2 Å². The molecular formula is C20H17BrN2O5. The average molecular weight is 445 g/mol. The zero-order valence-corrected chi connectivity index (χ0v) is 16.6. The lowest BCUT2D eigenvalue weighted by molar-refractivity contribution is -0.122. The minimum absolute atomic E-state index is 0.0722. The van der Waals surface area contributed by atoms with Crippen LogP contribution >= 0.6 is 15.9 Å². The third-order valence-corrected chi connectivity index (χ3v) is 5.26. The van der Waals surface area contributed by atoms with Crippen molar-refractivity contribution in [3.8, 4) is 11.5 Å². The van der Waals surface area contributed by atoms with E-state index in [9.17, 15) is 14.4 Å². The molecule has 1 unspecified atom stereocenters. The maximum absolute atomic E-state index is 12.8. The van der Waals surface area contributed by atoms with Crippen LogP contribution in [0.5, 0.6) is 11.5 Å². The number of ketones is 1. The molecule has 2 amide bonds. The second-order valence-corrected chi connectivity index (χ2v) is 7.60. The van der Waals surface area contributed by atoms with Crippen LogP contribution in [0.15, 0.2) is 40.9 Å². The van der Waals surface area contributed by atoms with Crippen LogP contribution in [0.4, 0.5) is 11.4 Å². The third-order valence-electron chi connectivity index (χ3n) is 4.77. The fourth-order valence-corrected chi connectivity index (χ4v) is 3.74. The average Bonchev–Trinajstić information content (AvgIpc) is 3.26. The van der Waals surface area contributed by atoms with Gasteiger partial charge in [0.1, 0.15) is 0 Å². The SMILES string of the molecule is CC(=O)c1cc2c(cc1NC(=O)C1CC(=O)N(c3cccc(Br)c3)C1)OCO2. The second kappa shape index (κ2) is 7.27. The van der Waals surface area contributed by atoms with Crippen LogP contribution in [0.2, 0.25) is 0 Å². The Hall–Kier alpha value is -2.87. The number of ether oxygens (including phenoxy) is 2. The molecule has 1 saturated heterocycles. The van der Waals surface area contributed by atoms with Crippen molar-refractivity contribution in [3.63, 3.8) is 0 Å². The van der Waals surface area contributed by atoms with Crippen molar-refractivity contribution in [2.24, 2.45) is 5.92 Å². The van der Waals surface area contributed by atoms with Gasteiger partial charge in [0.15, 0.2) is 17.3 Å². The number of carbonyl (C=O) groups is 3. The van der Waals surface area contributed by atoms with Crippen molar-refractivity contribution in [2.45, 2.75) is 13.3 Å². The van der Waals surface area contributed by atoms with Crippen LogP contribution in [0.3, 0.4) is 0 Å². The number of halogens is 1. The second-order valence-electron chi connectivity index (χ2n) is 6.68. The Morgan fingerprint density at radius 1 is 1.18 bits per heavy atom. The number of carbonyl (C=O) groups excluding carboxylic acids is 3. The van der Waals surface area contributed by atoms with Gasteiger partial charge in [0.25, 0.3) is 0 Å². The van der Waals surface area contributed by atoms with E-state index in [4.69, 9.17) is 9.47 Å². The molecule has 2 aromatic carbocycles. The molecule has 28 heavy (non-hydrogen) atoms. The van der Waals surface area contributed by atoms with Crippen LogP contribution in [0.1, 0.15) is 23.7 Å². The van der Waals surface area contributed by atoms with E-state index in [-0.39, 0.29) is 37.4 Å². The van der Waals surface area contributed by atoms with E-state index in [2.05, 4.69) is 21.2 Å². The summed E-state index contributed by atoms with van der Waals surface area (Å²) in [6.45, 7) is 1.77. The molecule has 4 rings (SSSR count). The van der Waals surface area contributed by atoms with E-state index in [1.54, 1.807) is 17.0 Å². The van der Waals surface area contributed by atoms with Crippen molar-refractivity contribution in [1.29, 1.82) is 0 Å². The molecule has 2 aliphatic rings. The molecule has 2 aliphatic heterocycles. The Morgan fingerprint density at radius 3 is 2.64 bits per heavy atom. The minimum Gasteiger partial charge on any atom is -0.454 e. The van der Waals surface area contributed by atoms with E-state index in [1.807, 2.05) is 24.3 Å². The Labute approximate surface area is 169 Å². The number of rotatable bonds is 4. The summed E-state index contributed by atoms with van der Waals surface area (Å²) in [5.41, 5.74) is 1.43. The molecule has 144 valence electrons. The number of benzene rings is 2. The van der Waals surface area contributed by atoms with Gasteiger partial charge in [0.05, 0.1) is 11.6 Å². The standard InChI is InChI=1S/C20H17BrN2O5/c1-11(24)15-7-17-18(28-10-27-17)8-16(15)22-20(26)12-5-19(25)23(9-12)14-4-2-3-13(21)6-14/h2-4,6-8,12H,5,9-10H2,1H3,(H,22,26). The number of hydrogen-bond donors (Lipinski definition) is 1. The molecule has 0 aliphatic carbocycles. The molecule has 0 bridgehead atoms. The molecular weight excluding hydrogens is 428 g/mol. The van der Waals surface area contributed by atoms with Gasteiger partial charge >= 0.3 is 0 Å². The number of nitrogens with one attached hydrogen (secondary N) is 1. The smallest absolute Gasteiger partial charge is 0.231 e. The highest BCUT2D eigenvalue weighted by Gasteiger charge is 2.35. The Balaban J connectivity index is 1.53. The molecule has 0 aromatic heterocycles. The zero-order chi connectivity index (χ0) is 19.8. The predicted molar refractivity (Wildman–Crippen MR) is 106 cm³/mol. The summed E-state index contributed by atoms with van der Waals surface area (Å²) in [6.07, 6.45) is 0.109. The summed E-state index contributed by atoms with van der Waals surface area (Å²) in [7, 11) is 0. The monoisotopic (exact) mass is 444 g/mol. The fraction of sp³-hybridized carbons (Fsp3) is 0.250.